The zero-order valence-corrected chi connectivity index (χ0v) is 12.3. The number of nitrogens with zero attached hydrogens (tertiary/aromatic N) is 2. The lowest BCUT2D eigenvalue weighted by atomic mass is 10.2. The van der Waals surface area contributed by atoms with Crippen LogP contribution in [-0.2, 0) is 4.79 Å². The van der Waals surface area contributed by atoms with Crippen LogP contribution in [0.4, 0.5) is 0 Å². The van der Waals surface area contributed by atoms with Crippen LogP contribution < -0.4 is 10.2 Å². The molecule has 5 heteroatoms. The number of carbonyl (C=O) groups excluding carboxylic acids is 1. The molecule has 2 aromatic carbocycles. The maximum atomic E-state index is 11.6. The summed E-state index contributed by atoms with van der Waals surface area (Å²) < 4.78 is 5.29. The van der Waals surface area contributed by atoms with E-state index < -0.39 is 5.91 Å². The third kappa shape index (κ3) is 5.48. The molecular formula is C18H15N3O2. The molecule has 0 spiro atoms. The highest BCUT2D eigenvalue weighted by atomic mass is 16.5. The van der Waals surface area contributed by atoms with E-state index in [-0.39, 0.29) is 6.61 Å². The van der Waals surface area contributed by atoms with E-state index >= 15 is 0 Å². The van der Waals surface area contributed by atoms with Crippen molar-refractivity contribution >= 4 is 18.2 Å². The molecule has 23 heavy (non-hydrogen) atoms. The Balaban J connectivity index is 1.76. The molecule has 2 aromatic rings. The number of nitrogens with one attached hydrogen (secondary N) is 1. The number of amides is 1. The summed E-state index contributed by atoms with van der Waals surface area (Å²) in [6.45, 7) is -0.210. The molecular weight excluding hydrogens is 290 g/mol. The van der Waals surface area contributed by atoms with Crippen LogP contribution in [0.3, 0.4) is 0 Å². The van der Waals surface area contributed by atoms with Gasteiger partial charge in [-0.05, 0) is 23.8 Å². The largest absolute Gasteiger partial charge is 0.482 e. The maximum absolute atomic E-state index is 11.6. The third-order valence-corrected chi connectivity index (χ3v) is 2.80. The van der Waals surface area contributed by atoms with Crippen molar-refractivity contribution in [1.82, 2.24) is 5.43 Å². The van der Waals surface area contributed by atoms with Gasteiger partial charge >= 0.3 is 0 Å². The SMILES string of the molecule is N#Cc1ccccc1OCC(=O)NN=C/C=C\c1ccccc1. The van der Waals surface area contributed by atoms with Gasteiger partial charge in [-0.25, -0.2) is 5.43 Å². The second-order valence-electron chi connectivity index (χ2n) is 4.48. The molecule has 0 aliphatic rings. The predicted molar refractivity (Wildman–Crippen MR) is 88.8 cm³/mol. The lowest BCUT2D eigenvalue weighted by Gasteiger charge is -2.05. The molecule has 1 N–H and O–H groups in total. The molecule has 5 nitrogen and oxygen atoms in total. The van der Waals surface area contributed by atoms with Crippen LogP contribution in [0.15, 0.2) is 65.8 Å². The molecule has 1 amide bonds. The third-order valence-electron chi connectivity index (χ3n) is 2.80. The van der Waals surface area contributed by atoms with E-state index in [9.17, 15) is 4.79 Å². The van der Waals surface area contributed by atoms with Gasteiger partial charge in [-0.1, -0.05) is 48.5 Å². The first-order chi connectivity index (χ1) is 11.3. The molecule has 0 bridgehead atoms. The summed E-state index contributed by atoms with van der Waals surface area (Å²) in [6, 6.07) is 18.5. The summed E-state index contributed by atoms with van der Waals surface area (Å²) in [6.07, 6.45) is 5.07. The minimum atomic E-state index is -0.401. The van der Waals surface area contributed by atoms with Gasteiger partial charge in [0.2, 0.25) is 0 Å². The number of nitriles is 1. The van der Waals surface area contributed by atoms with Gasteiger partial charge in [-0.2, -0.15) is 10.4 Å². The standard InChI is InChI=1S/C18H15N3O2/c19-13-16-10-4-5-11-17(16)23-14-18(22)21-20-12-6-9-15-7-2-1-3-8-15/h1-12H,14H2,(H,21,22)/b9-6-,20-12?. The van der Waals surface area contributed by atoms with Crippen LogP contribution in [0.5, 0.6) is 5.75 Å². The fraction of sp³-hybridized carbons (Fsp3) is 0.0556. The first-order valence-electron chi connectivity index (χ1n) is 6.95. The first kappa shape index (κ1) is 16.0. The quantitative estimate of drug-likeness (QED) is 0.658. The van der Waals surface area contributed by atoms with Gasteiger partial charge in [-0.15, -0.1) is 0 Å². The molecule has 0 saturated heterocycles. The van der Waals surface area contributed by atoms with Crippen molar-refractivity contribution in [3.8, 4) is 11.8 Å². The molecule has 0 atom stereocenters. The number of benzene rings is 2. The minimum Gasteiger partial charge on any atom is -0.482 e. The van der Waals surface area contributed by atoms with Crippen molar-refractivity contribution in [2.75, 3.05) is 6.61 Å². The molecule has 0 aliphatic carbocycles. The number of allylic oxidation sites excluding steroid dienone is 1. The molecule has 0 aliphatic heterocycles. The monoisotopic (exact) mass is 305 g/mol. The number of para-hydroxylation sites is 1. The summed E-state index contributed by atoms with van der Waals surface area (Å²) >= 11 is 0. The van der Waals surface area contributed by atoms with Gasteiger partial charge in [0.15, 0.2) is 6.61 Å². The fourth-order valence-electron chi connectivity index (χ4n) is 1.73. The van der Waals surface area contributed by atoms with Gasteiger partial charge in [0, 0.05) is 6.21 Å². The fourth-order valence-corrected chi connectivity index (χ4v) is 1.73. The van der Waals surface area contributed by atoms with E-state index in [2.05, 4.69) is 10.5 Å². The highest BCUT2D eigenvalue weighted by Gasteiger charge is 2.04. The second kappa shape index (κ2) is 8.80. The Morgan fingerprint density at radius 3 is 2.70 bits per heavy atom. The van der Waals surface area contributed by atoms with Crippen LogP contribution >= 0.6 is 0 Å². The summed E-state index contributed by atoms with van der Waals surface area (Å²) in [7, 11) is 0. The van der Waals surface area contributed by atoms with E-state index in [0.29, 0.717) is 11.3 Å². The lowest BCUT2D eigenvalue weighted by Crippen LogP contribution is -2.24. The van der Waals surface area contributed by atoms with Crippen molar-refractivity contribution in [1.29, 1.82) is 5.26 Å². The van der Waals surface area contributed by atoms with Crippen LogP contribution in [0, 0.1) is 11.3 Å². The van der Waals surface area contributed by atoms with Crippen LogP contribution in [0.1, 0.15) is 11.1 Å². The summed E-state index contributed by atoms with van der Waals surface area (Å²) in [4.78, 5) is 11.6. The predicted octanol–water partition coefficient (Wildman–Crippen LogP) is 2.75. The number of hydrogen-bond acceptors (Lipinski definition) is 4. The normalized spacial score (nSPS) is 10.6. The zero-order valence-electron chi connectivity index (χ0n) is 12.3. The van der Waals surface area contributed by atoms with E-state index in [1.807, 2.05) is 42.5 Å². The molecule has 0 aromatic heterocycles. The van der Waals surface area contributed by atoms with E-state index in [1.165, 1.54) is 6.21 Å². The number of carbonyl (C=O) groups is 1. The second-order valence-corrected chi connectivity index (χ2v) is 4.48. The number of rotatable bonds is 6. The molecule has 0 fully saturated rings. The zero-order chi connectivity index (χ0) is 16.3. The van der Waals surface area contributed by atoms with Crippen molar-refractivity contribution in [3.05, 3.63) is 71.8 Å². The number of ether oxygens (including phenoxy) is 1. The van der Waals surface area contributed by atoms with Crippen LogP contribution in [-0.4, -0.2) is 18.7 Å². The van der Waals surface area contributed by atoms with E-state index in [4.69, 9.17) is 10.00 Å². The van der Waals surface area contributed by atoms with Gasteiger partial charge in [0.25, 0.3) is 5.91 Å². The Bertz CT molecular complexity index is 746. The minimum absolute atomic E-state index is 0.210. The van der Waals surface area contributed by atoms with Gasteiger partial charge in [-0.3, -0.25) is 4.79 Å². The van der Waals surface area contributed by atoms with Gasteiger partial charge < -0.3 is 4.74 Å². The van der Waals surface area contributed by atoms with Crippen LogP contribution in [0.2, 0.25) is 0 Å². The van der Waals surface area contributed by atoms with Crippen LogP contribution in [0.25, 0.3) is 6.08 Å². The first-order valence-corrected chi connectivity index (χ1v) is 6.95. The highest BCUT2D eigenvalue weighted by Crippen LogP contribution is 2.15. The summed E-state index contributed by atoms with van der Waals surface area (Å²) in [5.41, 5.74) is 3.78. The average molecular weight is 305 g/mol. The average Bonchev–Trinajstić information content (AvgIpc) is 2.60. The van der Waals surface area contributed by atoms with Crippen molar-refractivity contribution in [2.24, 2.45) is 5.10 Å². The van der Waals surface area contributed by atoms with Crippen molar-refractivity contribution in [2.45, 2.75) is 0 Å². The maximum Gasteiger partial charge on any atom is 0.277 e. The molecule has 0 heterocycles. The summed E-state index contributed by atoms with van der Waals surface area (Å²) in [5.74, 6) is -0.0276. The van der Waals surface area contributed by atoms with Gasteiger partial charge in [0.05, 0.1) is 5.56 Å². The smallest absolute Gasteiger partial charge is 0.277 e. The molecule has 0 radical (unpaired) electrons. The molecule has 0 unspecified atom stereocenters. The van der Waals surface area contributed by atoms with E-state index in [0.717, 1.165) is 5.56 Å². The Morgan fingerprint density at radius 2 is 1.91 bits per heavy atom. The Kier molecular flexibility index (Phi) is 6.12. The molecule has 114 valence electrons. The van der Waals surface area contributed by atoms with Crippen molar-refractivity contribution < 1.29 is 9.53 Å². The Labute approximate surface area is 134 Å². The van der Waals surface area contributed by atoms with Gasteiger partial charge in [0.1, 0.15) is 11.8 Å². The number of hydrogen-bond donors (Lipinski definition) is 1. The molecule has 0 saturated carbocycles. The topological polar surface area (TPSA) is 74.5 Å². The molecule has 2 rings (SSSR count). The summed E-state index contributed by atoms with van der Waals surface area (Å²) in [5, 5.41) is 12.7. The Morgan fingerprint density at radius 1 is 1.17 bits per heavy atom. The Hall–Kier alpha value is -3.39. The lowest BCUT2D eigenvalue weighted by molar-refractivity contribution is -0.123. The van der Waals surface area contributed by atoms with Crippen molar-refractivity contribution in [3.63, 3.8) is 0 Å². The number of hydrazone groups is 1. The highest BCUT2D eigenvalue weighted by molar-refractivity contribution is 5.82. The van der Waals surface area contributed by atoms with E-state index in [1.54, 1.807) is 30.3 Å².